The second-order valence-corrected chi connectivity index (χ2v) is 7.40. The van der Waals surface area contributed by atoms with Gasteiger partial charge in [0.05, 0.1) is 18.9 Å². The fraction of sp³-hybridized carbons (Fsp3) is 0.217. The Morgan fingerprint density at radius 2 is 1.85 bits per heavy atom. The number of ether oxygens (including phenoxy) is 1. The molecule has 178 valence electrons. The molecule has 0 bridgehead atoms. The molecule has 0 radical (unpaired) electrons. The molecule has 4 rings (SSSR count). The van der Waals surface area contributed by atoms with Crippen molar-refractivity contribution in [2.75, 3.05) is 20.2 Å². The van der Waals surface area contributed by atoms with Gasteiger partial charge in [-0.1, -0.05) is 12.1 Å². The number of benzene rings is 2. The number of ketones is 1. The van der Waals surface area contributed by atoms with E-state index in [9.17, 15) is 23.9 Å². The Hall–Kier alpha value is -4.25. The number of hydrogen-bond donors (Lipinski definition) is 5. The number of aromatic nitrogens is 2. The van der Waals surface area contributed by atoms with Gasteiger partial charge in [0.1, 0.15) is 11.3 Å². The SMILES string of the molecule is COc1ccc(O)c(C(=O)c2ccc(C(N)=O)cc2)c1F.O=C(N[C@H]1CCNC1)c1cn[nH]c1. The Morgan fingerprint density at radius 3 is 2.41 bits per heavy atom. The molecule has 11 heteroatoms. The standard InChI is InChI=1S/C15H12FNO4.C8H12N4O/c1-21-11-7-6-10(18)12(13(11)16)14(19)8-2-4-9(5-3-8)15(17)20;13-8(6-3-10-11-4-6)12-7-1-2-9-5-7/h2-7,18H,1H3,(H2,17,20);3-4,7,9H,1-2,5H2,(H,10,11)(H,12,13)/t;7-/m.0/s1. The van der Waals surface area contributed by atoms with Crippen LogP contribution in [0.15, 0.2) is 48.8 Å². The monoisotopic (exact) mass is 469 g/mol. The van der Waals surface area contributed by atoms with Crippen molar-refractivity contribution >= 4 is 17.6 Å². The predicted molar refractivity (Wildman–Crippen MR) is 120 cm³/mol. The Labute approximate surface area is 194 Å². The molecule has 0 aliphatic carbocycles. The number of phenols is 1. The maximum atomic E-state index is 14.1. The van der Waals surface area contributed by atoms with Crippen LogP contribution in [0.2, 0.25) is 0 Å². The summed E-state index contributed by atoms with van der Waals surface area (Å²) < 4.78 is 18.9. The number of aromatic amines is 1. The van der Waals surface area contributed by atoms with Gasteiger partial charge >= 0.3 is 0 Å². The highest BCUT2D eigenvalue weighted by Gasteiger charge is 2.22. The van der Waals surface area contributed by atoms with Gasteiger partial charge in [-0.15, -0.1) is 0 Å². The van der Waals surface area contributed by atoms with E-state index in [2.05, 4.69) is 20.8 Å². The largest absolute Gasteiger partial charge is 0.507 e. The van der Waals surface area contributed by atoms with Crippen LogP contribution in [0.3, 0.4) is 0 Å². The Kier molecular flexibility index (Phi) is 7.93. The summed E-state index contributed by atoms with van der Waals surface area (Å²) in [5.41, 5.74) is 5.54. The molecular weight excluding hydrogens is 445 g/mol. The van der Waals surface area contributed by atoms with Gasteiger partial charge in [0.25, 0.3) is 5.91 Å². The number of phenolic OH excluding ortho intramolecular Hbond substituents is 1. The number of H-pyrrole nitrogens is 1. The number of carbonyl (C=O) groups is 3. The first-order chi connectivity index (χ1) is 16.3. The zero-order valence-electron chi connectivity index (χ0n) is 18.3. The predicted octanol–water partition coefficient (Wildman–Crippen LogP) is 1.37. The summed E-state index contributed by atoms with van der Waals surface area (Å²) in [6.45, 7) is 1.85. The summed E-state index contributed by atoms with van der Waals surface area (Å²) in [5, 5.41) is 22.1. The Bertz CT molecular complexity index is 1160. The van der Waals surface area contributed by atoms with Crippen molar-refractivity contribution in [1.29, 1.82) is 0 Å². The molecule has 2 amide bonds. The number of carbonyl (C=O) groups excluding carboxylic acids is 3. The first-order valence-corrected chi connectivity index (χ1v) is 10.3. The molecule has 0 saturated carbocycles. The molecule has 1 aliphatic rings. The number of halogens is 1. The van der Waals surface area contributed by atoms with Crippen LogP contribution in [0.1, 0.15) is 43.1 Å². The first kappa shape index (κ1) is 24.4. The van der Waals surface area contributed by atoms with Crippen molar-refractivity contribution in [3.63, 3.8) is 0 Å². The molecule has 1 saturated heterocycles. The van der Waals surface area contributed by atoms with Crippen LogP contribution < -0.4 is 21.1 Å². The molecule has 1 fully saturated rings. The van der Waals surface area contributed by atoms with E-state index >= 15 is 0 Å². The average Bonchev–Trinajstić information content (AvgIpc) is 3.54. The lowest BCUT2D eigenvalue weighted by molar-refractivity contribution is 0.0938. The zero-order chi connectivity index (χ0) is 24.7. The average molecular weight is 469 g/mol. The van der Waals surface area contributed by atoms with Crippen molar-refractivity contribution in [3.8, 4) is 11.5 Å². The first-order valence-electron chi connectivity index (χ1n) is 10.3. The van der Waals surface area contributed by atoms with Crippen LogP contribution in [-0.2, 0) is 0 Å². The molecule has 0 spiro atoms. The number of amides is 2. The van der Waals surface area contributed by atoms with E-state index in [-0.39, 0.29) is 28.8 Å². The van der Waals surface area contributed by atoms with Crippen molar-refractivity contribution in [2.24, 2.45) is 5.73 Å². The van der Waals surface area contributed by atoms with Crippen LogP contribution in [0.5, 0.6) is 11.5 Å². The highest BCUT2D eigenvalue weighted by Crippen LogP contribution is 2.30. The lowest BCUT2D eigenvalue weighted by atomic mass is 10.00. The molecule has 2 aromatic carbocycles. The summed E-state index contributed by atoms with van der Waals surface area (Å²) in [6.07, 6.45) is 4.12. The second-order valence-electron chi connectivity index (χ2n) is 7.40. The number of hydrogen-bond acceptors (Lipinski definition) is 7. The minimum Gasteiger partial charge on any atom is -0.507 e. The second kappa shape index (κ2) is 11.1. The molecule has 1 atom stereocenters. The summed E-state index contributed by atoms with van der Waals surface area (Å²) in [5.74, 6) is -2.99. The van der Waals surface area contributed by atoms with Crippen molar-refractivity contribution in [1.82, 2.24) is 20.8 Å². The van der Waals surface area contributed by atoms with Gasteiger partial charge in [-0.25, -0.2) is 4.39 Å². The van der Waals surface area contributed by atoms with Crippen molar-refractivity contribution in [2.45, 2.75) is 12.5 Å². The number of nitrogens with two attached hydrogens (primary N) is 1. The van der Waals surface area contributed by atoms with Crippen LogP contribution in [0.4, 0.5) is 4.39 Å². The van der Waals surface area contributed by atoms with Gasteiger partial charge in [0.15, 0.2) is 17.3 Å². The van der Waals surface area contributed by atoms with Crippen molar-refractivity contribution < 1.29 is 28.6 Å². The Balaban J connectivity index is 0.000000212. The number of aromatic hydroxyl groups is 1. The van der Waals surface area contributed by atoms with Gasteiger partial charge in [-0.2, -0.15) is 5.10 Å². The fourth-order valence-corrected chi connectivity index (χ4v) is 3.27. The van der Waals surface area contributed by atoms with Gasteiger partial charge in [0.2, 0.25) is 5.91 Å². The molecule has 34 heavy (non-hydrogen) atoms. The topological polar surface area (TPSA) is 159 Å². The fourth-order valence-electron chi connectivity index (χ4n) is 3.27. The zero-order valence-corrected chi connectivity index (χ0v) is 18.3. The quantitative estimate of drug-likeness (QED) is 0.341. The van der Waals surface area contributed by atoms with Gasteiger partial charge in [0, 0.05) is 29.9 Å². The summed E-state index contributed by atoms with van der Waals surface area (Å²) in [4.78, 5) is 34.7. The molecular formula is C23H24FN5O5. The van der Waals surface area contributed by atoms with Gasteiger partial charge < -0.3 is 26.2 Å². The number of rotatable bonds is 6. The van der Waals surface area contributed by atoms with Gasteiger partial charge in [-0.3, -0.25) is 19.5 Å². The third-order valence-electron chi connectivity index (χ3n) is 5.12. The van der Waals surface area contributed by atoms with E-state index < -0.39 is 28.8 Å². The maximum absolute atomic E-state index is 14.1. The Morgan fingerprint density at radius 1 is 1.15 bits per heavy atom. The number of methoxy groups -OCH3 is 1. The molecule has 1 aromatic heterocycles. The minimum atomic E-state index is -0.943. The number of primary amides is 1. The van der Waals surface area contributed by atoms with Crippen LogP contribution in [-0.4, -0.2) is 59.1 Å². The van der Waals surface area contributed by atoms with Crippen molar-refractivity contribution in [3.05, 3.63) is 76.9 Å². The summed E-state index contributed by atoms with van der Waals surface area (Å²) in [7, 11) is 1.26. The number of nitrogens with one attached hydrogen (secondary N) is 3. The molecule has 2 heterocycles. The highest BCUT2D eigenvalue weighted by molar-refractivity contribution is 6.11. The molecule has 6 N–H and O–H groups in total. The van der Waals surface area contributed by atoms with Gasteiger partial charge in [-0.05, 0) is 37.2 Å². The normalized spacial score (nSPS) is 14.6. The number of nitrogens with zero attached hydrogens (tertiary/aromatic N) is 1. The molecule has 0 unspecified atom stereocenters. The van der Waals surface area contributed by atoms with E-state index in [0.717, 1.165) is 19.5 Å². The summed E-state index contributed by atoms with van der Waals surface area (Å²) >= 11 is 0. The van der Waals surface area contributed by atoms with E-state index in [1.165, 1.54) is 49.7 Å². The lowest BCUT2D eigenvalue weighted by Gasteiger charge is -2.09. The minimum absolute atomic E-state index is 0.0533. The smallest absolute Gasteiger partial charge is 0.254 e. The molecule has 3 aromatic rings. The highest BCUT2D eigenvalue weighted by atomic mass is 19.1. The maximum Gasteiger partial charge on any atom is 0.254 e. The van der Waals surface area contributed by atoms with Crippen LogP contribution in [0, 0.1) is 5.82 Å². The van der Waals surface area contributed by atoms with Crippen LogP contribution >= 0.6 is 0 Å². The van der Waals surface area contributed by atoms with E-state index in [1.807, 2.05) is 0 Å². The third-order valence-corrected chi connectivity index (χ3v) is 5.12. The van der Waals surface area contributed by atoms with Crippen LogP contribution in [0.25, 0.3) is 0 Å². The van der Waals surface area contributed by atoms with E-state index in [4.69, 9.17) is 10.5 Å². The van der Waals surface area contributed by atoms with E-state index in [1.54, 1.807) is 6.20 Å². The molecule has 1 aliphatic heterocycles. The lowest BCUT2D eigenvalue weighted by Crippen LogP contribution is -2.35. The molecule has 10 nitrogen and oxygen atoms in total. The summed E-state index contributed by atoms with van der Waals surface area (Å²) in [6, 6.07) is 8.03. The third kappa shape index (κ3) is 5.75. The van der Waals surface area contributed by atoms with E-state index in [0.29, 0.717) is 5.56 Å².